The third kappa shape index (κ3) is 4.71. The number of rotatable bonds is 9. The van der Waals surface area contributed by atoms with E-state index in [0.717, 1.165) is 12.5 Å². The molecule has 1 aliphatic rings. The first-order valence-electron chi connectivity index (χ1n) is 7.28. The van der Waals surface area contributed by atoms with Crippen molar-refractivity contribution in [2.24, 2.45) is 5.92 Å². The first-order chi connectivity index (χ1) is 8.79. The van der Waals surface area contributed by atoms with E-state index in [0.29, 0.717) is 6.04 Å². The van der Waals surface area contributed by atoms with Crippen LogP contribution in [0.5, 0.6) is 0 Å². The van der Waals surface area contributed by atoms with Gasteiger partial charge in [0, 0.05) is 30.6 Å². The Balaban J connectivity index is 1.65. The molecule has 2 rings (SSSR count). The molecule has 0 spiro atoms. The van der Waals surface area contributed by atoms with Crippen molar-refractivity contribution in [2.75, 3.05) is 26.2 Å². The zero-order chi connectivity index (χ0) is 12.8. The molecule has 18 heavy (non-hydrogen) atoms. The summed E-state index contributed by atoms with van der Waals surface area (Å²) in [5.74, 6) is 1.01. The van der Waals surface area contributed by atoms with Crippen LogP contribution in [0.1, 0.15) is 44.0 Å². The predicted octanol–water partition coefficient (Wildman–Crippen LogP) is 3.52. The lowest BCUT2D eigenvalue weighted by atomic mass is 10.2. The average molecular weight is 266 g/mol. The molecule has 1 N–H and O–H groups in total. The monoisotopic (exact) mass is 266 g/mol. The molecule has 1 fully saturated rings. The summed E-state index contributed by atoms with van der Waals surface area (Å²) in [6, 6.07) is 4.85. The summed E-state index contributed by atoms with van der Waals surface area (Å²) in [5, 5.41) is 5.79. The standard InChI is InChI=1S/C15H26N2S/c1-3-9-17(12-14-6-7-14)10-8-16-13(2)15-5-4-11-18-15/h4-5,11,13-14,16H,3,6-10,12H2,1-2H3. The Kier molecular flexibility index (Phi) is 5.67. The maximum absolute atomic E-state index is 3.64. The molecule has 1 heterocycles. The van der Waals surface area contributed by atoms with Gasteiger partial charge in [0.1, 0.15) is 0 Å². The van der Waals surface area contributed by atoms with Gasteiger partial charge in [-0.15, -0.1) is 11.3 Å². The fraction of sp³-hybridized carbons (Fsp3) is 0.733. The van der Waals surface area contributed by atoms with E-state index in [2.05, 4.69) is 41.6 Å². The van der Waals surface area contributed by atoms with Crippen LogP contribution in [0, 0.1) is 5.92 Å². The first kappa shape index (κ1) is 14.0. The molecule has 0 amide bonds. The van der Waals surface area contributed by atoms with Crippen LogP contribution in [0.15, 0.2) is 17.5 Å². The van der Waals surface area contributed by atoms with E-state index in [4.69, 9.17) is 0 Å². The van der Waals surface area contributed by atoms with Gasteiger partial charge < -0.3 is 10.2 Å². The highest BCUT2D eigenvalue weighted by Gasteiger charge is 2.23. The number of hydrogen-bond donors (Lipinski definition) is 1. The summed E-state index contributed by atoms with van der Waals surface area (Å²) in [6.45, 7) is 9.42. The van der Waals surface area contributed by atoms with E-state index < -0.39 is 0 Å². The maximum Gasteiger partial charge on any atom is 0.0386 e. The molecule has 1 aliphatic carbocycles. The van der Waals surface area contributed by atoms with Crippen LogP contribution in [0.4, 0.5) is 0 Å². The summed E-state index contributed by atoms with van der Waals surface area (Å²) in [7, 11) is 0. The third-order valence-corrected chi connectivity index (χ3v) is 4.66. The minimum Gasteiger partial charge on any atom is -0.308 e. The van der Waals surface area contributed by atoms with E-state index >= 15 is 0 Å². The van der Waals surface area contributed by atoms with Crippen molar-refractivity contribution in [3.63, 3.8) is 0 Å². The van der Waals surface area contributed by atoms with Gasteiger partial charge in [-0.2, -0.15) is 0 Å². The highest BCUT2D eigenvalue weighted by atomic mass is 32.1. The minimum atomic E-state index is 0.495. The summed E-state index contributed by atoms with van der Waals surface area (Å²) in [4.78, 5) is 4.07. The Labute approximate surface area is 115 Å². The van der Waals surface area contributed by atoms with Gasteiger partial charge in [0.05, 0.1) is 0 Å². The molecule has 0 aliphatic heterocycles. The van der Waals surface area contributed by atoms with Crippen LogP contribution in [0.2, 0.25) is 0 Å². The van der Waals surface area contributed by atoms with Crippen molar-refractivity contribution < 1.29 is 0 Å². The van der Waals surface area contributed by atoms with Crippen LogP contribution in [0.3, 0.4) is 0 Å². The summed E-state index contributed by atoms with van der Waals surface area (Å²) >= 11 is 1.84. The number of nitrogens with one attached hydrogen (secondary N) is 1. The van der Waals surface area contributed by atoms with Crippen molar-refractivity contribution >= 4 is 11.3 Å². The van der Waals surface area contributed by atoms with Crippen LogP contribution >= 0.6 is 11.3 Å². The van der Waals surface area contributed by atoms with Gasteiger partial charge >= 0.3 is 0 Å². The number of nitrogens with zero attached hydrogens (tertiary/aromatic N) is 1. The van der Waals surface area contributed by atoms with Crippen molar-refractivity contribution in [1.29, 1.82) is 0 Å². The normalized spacial score (nSPS) is 17.3. The smallest absolute Gasteiger partial charge is 0.0386 e. The van der Waals surface area contributed by atoms with Crippen LogP contribution < -0.4 is 5.32 Å². The van der Waals surface area contributed by atoms with Gasteiger partial charge in [0.15, 0.2) is 0 Å². The molecule has 3 heteroatoms. The van der Waals surface area contributed by atoms with E-state index in [1.807, 2.05) is 11.3 Å². The van der Waals surface area contributed by atoms with Gasteiger partial charge in [-0.3, -0.25) is 0 Å². The topological polar surface area (TPSA) is 15.3 Å². The molecular weight excluding hydrogens is 240 g/mol. The lowest BCUT2D eigenvalue weighted by Gasteiger charge is -2.22. The summed E-state index contributed by atoms with van der Waals surface area (Å²) < 4.78 is 0. The second kappa shape index (κ2) is 7.27. The van der Waals surface area contributed by atoms with Gasteiger partial charge in [-0.1, -0.05) is 13.0 Å². The quantitative estimate of drug-likeness (QED) is 0.735. The van der Waals surface area contributed by atoms with E-state index in [-0.39, 0.29) is 0 Å². The Morgan fingerprint density at radius 2 is 2.28 bits per heavy atom. The molecule has 1 aromatic heterocycles. The van der Waals surface area contributed by atoms with Gasteiger partial charge in [-0.05, 0) is 50.1 Å². The lowest BCUT2D eigenvalue weighted by Crippen LogP contribution is -2.34. The average Bonchev–Trinajstić information content (AvgIpc) is 3.00. The Bertz CT molecular complexity index is 319. The molecule has 0 bridgehead atoms. The molecule has 1 aromatic rings. The molecule has 0 radical (unpaired) electrons. The lowest BCUT2D eigenvalue weighted by molar-refractivity contribution is 0.260. The molecule has 1 unspecified atom stereocenters. The summed E-state index contributed by atoms with van der Waals surface area (Å²) in [6.07, 6.45) is 4.19. The fourth-order valence-corrected chi connectivity index (χ4v) is 3.11. The maximum atomic E-state index is 3.64. The van der Waals surface area contributed by atoms with Crippen molar-refractivity contribution in [1.82, 2.24) is 10.2 Å². The largest absolute Gasteiger partial charge is 0.308 e. The van der Waals surface area contributed by atoms with Gasteiger partial charge in [0.25, 0.3) is 0 Å². The van der Waals surface area contributed by atoms with Crippen LogP contribution in [-0.2, 0) is 0 Å². The zero-order valence-electron chi connectivity index (χ0n) is 11.7. The number of thiophene rings is 1. The van der Waals surface area contributed by atoms with E-state index in [9.17, 15) is 0 Å². The molecule has 0 aromatic carbocycles. The number of hydrogen-bond acceptors (Lipinski definition) is 3. The second-order valence-electron chi connectivity index (χ2n) is 5.44. The van der Waals surface area contributed by atoms with Crippen LogP contribution in [0.25, 0.3) is 0 Å². The van der Waals surface area contributed by atoms with E-state index in [1.54, 1.807) is 0 Å². The highest BCUT2D eigenvalue weighted by Crippen LogP contribution is 2.29. The Hall–Kier alpha value is -0.380. The van der Waals surface area contributed by atoms with Crippen molar-refractivity contribution in [3.05, 3.63) is 22.4 Å². The molecule has 1 saturated carbocycles. The van der Waals surface area contributed by atoms with Gasteiger partial charge in [-0.25, -0.2) is 0 Å². The third-order valence-electron chi connectivity index (χ3n) is 3.60. The van der Waals surface area contributed by atoms with Crippen molar-refractivity contribution in [3.8, 4) is 0 Å². The predicted molar refractivity (Wildman–Crippen MR) is 80.2 cm³/mol. The van der Waals surface area contributed by atoms with Gasteiger partial charge in [0.2, 0.25) is 0 Å². The molecule has 102 valence electrons. The molecule has 1 atom stereocenters. The molecule has 0 saturated heterocycles. The second-order valence-corrected chi connectivity index (χ2v) is 6.41. The zero-order valence-corrected chi connectivity index (χ0v) is 12.5. The Morgan fingerprint density at radius 1 is 1.44 bits per heavy atom. The Morgan fingerprint density at radius 3 is 2.89 bits per heavy atom. The van der Waals surface area contributed by atoms with Crippen LogP contribution in [-0.4, -0.2) is 31.1 Å². The van der Waals surface area contributed by atoms with Crippen molar-refractivity contribution in [2.45, 2.75) is 39.2 Å². The SMILES string of the molecule is CCCN(CCNC(C)c1cccs1)CC1CC1. The molecular formula is C15H26N2S. The molecule has 2 nitrogen and oxygen atoms in total. The minimum absolute atomic E-state index is 0.495. The highest BCUT2D eigenvalue weighted by molar-refractivity contribution is 7.10. The fourth-order valence-electron chi connectivity index (χ4n) is 2.35. The summed E-state index contributed by atoms with van der Waals surface area (Å²) in [5.41, 5.74) is 0. The first-order valence-corrected chi connectivity index (χ1v) is 8.16. The van der Waals surface area contributed by atoms with E-state index in [1.165, 1.54) is 43.8 Å².